The minimum atomic E-state index is -1.03. The maximum atomic E-state index is 13.4. The van der Waals surface area contributed by atoms with Gasteiger partial charge in [-0.15, -0.1) is 0 Å². The van der Waals surface area contributed by atoms with Gasteiger partial charge in [0.25, 0.3) is 0 Å². The number of nitrogens with two attached hydrogens (primary N) is 1. The number of aromatic nitrogens is 2. The number of para-hydroxylation sites is 3. The second kappa shape index (κ2) is 7.08. The fourth-order valence-electron chi connectivity index (χ4n) is 5.02. The van der Waals surface area contributed by atoms with E-state index in [0.29, 0.717) is 23.2 Å². The molecule has 3 aromatic rings. The summed E-state index contributed by atoms with van der Waals surface area (Å²) in [6.45, 7) is 1.93. The van der Waals surface area contributed by atoms with Crippen LogP contribution in [-0.4, -0.2) is 38.5 Å². The maximum Gasteiger partial charge on any atom is 0.316 e. The van der Waals surface area contributed by atoms with Crippen molar-refractivity contribution >= 4 is 22.8 Å². The first-order valence-corrected chi connectivity index (χ1v) is 10.4. The summed E-state index contributed by atoms with van der Waals surface area (Å²) in [5, 5.41) is 0. The quantitative estimate of drug-likeness (QED) is 0.466. The van der Waals surface area contributed by atoms with Crippen LogP contribution in [0.25, 0.3) is 11.0 Å². The largest absolute Gasteiger partial charge is 0.468 e. The Bertz CT molecular complexity index is 1380. The lowest BCUT2D eigenvalue weighted by Gasteiger charge is -2.52. The molecule has 3 N–H and O–H groups in total. The smallest absolute Gasteiger partial charge is 0.316 e. The number of fused-ring (bicyclic) bond motifs is 5. The lowest BCUT2D eigenvalue weighted by Crippen LogP contribution is -2.65. The van der Waals surface area contributed by atoms with Crippen molar-refractivity contribution in [2.45, 2.75) is 31.5 Å². The van der Waals surface area contributed by atoms with E-state index >= 15 is 0 Å². The van der Waals surface area contributed by atoms with Gasteiger partial charge >= 0.3 is 11.1 Å². The van der Waals surface area contributed by atoms with Gasteiger partial charge in [-0.1, -0.05) is 30.3 Å². The number of primary amides is 1. The molecule has 1 aromatic heterocycles. The number of rotatable bonds is 4. The monoisotopic (exact) mass is 434 g/mol. The van der Waals surface area contributed by atoms with Crippen molar-refractivity contribution < 1.29 is 14.3 Å². The molecule has 0 spiro atoms. The molecule has 0 saturated carbocycles. The Kier molecular flexibility index (Phi) is 4.44. The number of benzene rings is 2. The van der Waals surface area contributed by atoms with Crippen LogP contribution < -0.4 is 21.6 Å². The zero-order chi connectivity index (χ0) is 22.6. The van der Waals surface area contributed by atoms with Gasteiger partial charge in [-0.05, 0) is 30.7 Å². The van der Waals surface area contributed by atoms with Gasteiger partial charge in [0, 0.05) is 25.4 Å². The van der Waals surface area contributed by atoms with Crippen LogP contribution in [0.3, 0.4) is 0 Å². The fraction of sp³-hybridized carbons (Fsp3) is 0.304. The fourth-order valence-corrected chi connectivity index (χ4v) is 5.02. The summed E-state index contributed by atoms with van der Waals surface area (Å²) in [5.41, 5.74) is 5.05. The number of hydrogen-bond donors (Lipinski definition) is 2. The number of nitrogens with one attached hydrogen (secondary N) is 1. The van der Waals surface area contributed by atoms with Crippen molar-refractivity contribution in [3.05, 3.63) is 74.8 Å². The normalized spacial score (nSPS) is 24.2. The van der Waals surface area contributed by atoms with E-state index < -0.39 is 34.6 Å². The predicted molar refractivity (Wildman–Crippen MR) is 116 cm³/mol. The lowest BCUT2D eigenvalue weighted by molar-refractivity contribution is -0.175. The van der Waals surface area contributed by atoms with Crippen molar-refractivity contribution in [3.8, 4) is 5.75 Å². The molecule has 32 heavy (non-hydrogen) atoms. The van der Waals surface area contributed by atoms with Gasteiger partial charge < -0.3 is 24.9 Å². The van der Waals surface area contributed by atoms with E-state index in [0.717, 1.165) is 5.56 Å². The Hall–Kier alpha value is -3.88. The molecule has 2 aliphatic rings. The van der Waals surface area contributed by atoms with Gasteiger partial charge in [-0.2, -0.15) is 0 Å². The standard InChI is InChI=1S/C23H22N4O5/c1-23-12-14(13-6-2-5-9-17(13)32-23)18(19(24)28)21(30)27(23)11-10-26-16-8-4-3-7-15(16)25-20(29)22(26)31/h2-9,14,18H,10-12H2,1H3,(H2,24,28)(H,25,29). The van der Waals surface area contributed by atoms with Crippen molar-refractivity contribution in [1.82, 2.24) is 14.5 Å². The lowest BCUT2D eigenvalue weighted by atomic mass is 9.73. The van der Waals surface area contributed by atoms with Gasteiger partial charge in [0.15, 0.2) is 5.72 Å². The molecule has 164 valence electrons. The van der Waals surface area contributed by atoms with E-state index in [2.05, 4.69) is 4.98 Å². The number of likely N-dealkylation sites (tertiary alicyclic amines) is 1. The summed E-state index contributed by atoms with van der Waals surface area (Å²) in [7, 11) is 0. The van der Waals surface area contributed by atoms with E-state index in [1.54, 1.807) is 37.3 Å². The number of piperidine rings is 1. The molecular weight excluding hydrogens is 412 g/mol. The molecule has 2 bridgehead atoms. The van der Waals surface area contributed by atoms with E-state index in [-0.39, 0.29) is 19.0 Å². The average molecular weight is 434 g/mol. The summed E-state index contributed by atoms with van der Waals surface area (Å²) in [6.07, 6.45) is 0.397. The Labute approximate surface area is 182 Å². The SMILES string of the molecule is CC12CC(c3ccccc3O1)C(C(N)=O)C(=O)N2CCn1c(=O)c(=O)[nH]c2ccccc21. The highest BCUT2D eigenvalue weighted by molar-refractivity contribution is 6.01. The van der Waals surface area contributed by atoms with Crippen LogP contribution in [0.15, 0.2) is 58.1 Å². The van der Waals surface area contributed by atoms with Crippen molar-refractivity contribution in [3.63, 3.8) is 0 Å². The number of H-pyrrole nitrogens is 1. The van der Waals surface area contributed by atoms with E-state index in [1.165, 1.54) is 9.47 Å². The molecule has 9 heteroatoms. The number of aromatic amines is 1. The van der Waals surface area contributed by atoms with Crippen LogP contribution in [0.5, 0.6) is 5.75 Å². The third kappa shape index (κ3) is 2.92. The molecule has 1 saturated heterocycles. The van der Waals surface area contributed by atoms with Crippen LogP contribution in [0.1, 0.15) is 24.8 Å². The first-order valence-electron chi connectivity index (χ1n) is 10.4. The molecule has 3 heterocycles. The first-order chi connectivity index (χ1) is 15.3. The van der Waals surface area contributed by atoms with Gasteiger partial charge in [-0.3, -0.25) is 19.2 Å². The number of carbonyl (C=O) groups is 2. The third-order valence-electron chi connectivity index (χ3n) is 6.49. The van der Waals surface area contributed by atoms with Gasteiger partial charge in [-0.25, -0.2) is 0 Å². The van der Waals surface area contributed by atoms with E-state index in [9.17, 15) is 19.2 Å². The second-order valence-electron chi connectivity index (χ2n) is 8.42. The molecular formula is C23H22N4O5. The minimum Gasteiger partial charge on any atom is -0.468 e. The Morgan fingerprint density at radius 3 is 2.62 bits per heavy atom. The predicted octanol–water partition coefficient (Wildman–Crippen LogP) is 0.916. The molecule has 3 unspecified atom stereocenters. The number of hydrogen-bond acceptors (Lipinski definition) is 5. The van der Waals surface area contributed by atoms with Crippen LogP contribution in [0.2, 0.25) is 0 Å². The van der Waals surface area contributed by atoms with Crippen LogP contribution >= 0.6 is 0 Å². The Balaban J connectivity index is 1.55. The topological polar surface area (TPSA) is 127 Å². The molecule has 0 aliphatic carbocycles. The average Bonchev–Trinajstić information content (AvgIpc) is 2.75. The zero-order valence-electron chi connectivity index (χ0n) is 17.4. The van der Waals surface area contributed by atoms with Crippen LogP contribution in [-0.2, 0) is 16.1 Å². The molecule has 3 atom stereocenters. The van der Waals surface area contributed by atoms with E-state index in [4.69, 9.17) is 10.5 Å². The van der Waals surface area contributed by atoms with Crippen LogP contribution in [0, 0.1) is 5.92 Å². The maximum absolute atomic E-state index is 13.4. The Morgan fingerprint density at radius 2 is 1.84 bits per heavy atom. The van der Waals surface area contributed by atoms with Crippen molar-refractivity contribution in [2.75, 3.05) is 6.54 Å². The highest BCUT2D eigenvalue weighted by Gasteiger charge is 2.55. The number of ether oxygens (including phenoxy) is 1. The third-order valence-corrected chi connectivity index (χ3v) is 6.49. The number of carbonyl (C=O) groups excluding carboxylic acids is 2. The molecule has 2 aliphatic heterocycles. The van der Waals surface area contributed by atoms with Crippen LogP contribution in [0.4, 0.5) is 0 Å². The Morgan fingerprint density at radius 1 is 1.12 bits per heavy atom. The van der Waals surface area contributed by atoms with Crippen molar-refractivity contribution in [1.29, 1.82) is 0 Å². The molecule has 2 amide bonds. The molecule has 1 fully saturated rings. The number of amides is 2. The summed E-state index contributed by atoms with van der Waals surface area (Å²) < 4.78 is 7.57. The molecule has 5 rings (SSSR count). The second-order valence-corrected chi connectivity index (χ2v) is 8.42. The highest BCUT2D eigenvalue weighted by atomic mass is 16.5. The summed E-state index contributed by atoms with van der Waals surface area (Å²) in [6, 6.07) is 14.3. The van der Waals surface area contributed by atoms with Gasteiger partial charge in [0.2, 0.25) is 11.8 Å². The summed E-state index contributed by atoms with van der Waals surface area (Å²) in [5.74, 6) is -1.93. The molecule has 9 nitrogen and oxygen atoms in total. The zero-order valence-corrected chi connectivity index (χ0v) is 17.4. The van der Waals surface area contributed by atoms with Gasteiger partial charge in [0.1, 0.15) is 11.7 Å². The molecule has 0 radical (unpaired) electrons. The summed E-state index contributed by atoms with van der Waals surface area (Å²) >= 11 is 0. The molecule has 2 aromatic carbocycles. The minimum absolute atomic E-state index is 0.0613. The summed E-state index contributed by atoms with van der Waals surface area (Å²) in [4.78, 5) is 54.5. The highest BCUT2D eigenvalue weighted by Crippen LogP contribution is 2.49. The van der Waals surface area contributed by atoms with E-state index in [1.807, 2.05) is 18.2 Å². The number of nitrogens with zero attached hydrogens (tertiary/aromatic N) is 2. The van der Waals surface area contributed by atoms with Gasteiger partial charge in [0.05, 0.1) is 11.0 Å². The van der Waals surface area contributed by atoms with Crippen molar-refractivity contribution in [2.24, 2.45) is 11.7 Å². The first kappa shape index (κ1) is 20.0.